The molecule has 1 heterocycles. The van der Waals surface area contributed by atoms with Crippen molar-refractivity contribution < 1.29 is 9.53 Å². The highest BCUT2D eigenvalue weighted by atomic mass is 32.1. The number of hydrogen-bond acceptors (Lipinski definition) is 4. The summed E-state index contributed by atoms with van der Waals surface area (Å²) in [5.41, 5.74) is 1.08. The number of amides is 1. The van der Waals surface area contributed by atoms with E-state index in [1.165, 1.54) is 24.2 Å². The number of nitrogens with one attached hydrogen (secondary N) is 1. The minimum Gasteiger partial charge on any atom is -0.431 e. The Hall–Kier alpha value is -1.88. The zero-order valence-electron chi connectivity index (χ0n) is 11.7. The maximum atomic E-state index is 12.0. The average molecular weight is 302 g/mol. The number of carbonyl (C=O) groups is 1. The van der Waals surface area contributed by atoms with Gasteiger partial charge in [0.15, 0.2) is 0 Å². The van der Waals surface area contributed by atoms with E-state index in [1.54, 1.807) is 6.20 Å². The van der Waals surface area contributed by atoms with E-state index in [0.717, 1.165) is 24.2 Å². The van der Waals surface area contributed by atoms with Crippen LogP contribution >= 0.6 is 11.3 Å². The molecule has 1 fully saturated rings. The quantitative estimate of drug-likeness (QED) is 0.915. The van der Waals surface area contributed by atoms with Crippen molar-refractivity contribution in [2.45, 2.75) is 32.2 Å². The van der Waals surface area contributed by atoms with Gasteiger partial charge in [-0.3, -0.25) is 4.79 Å². The predicted octanol–water partition coefficient (Wildman–Crippen LogP) is 3.74. The van der Waals surface area contributed by atoms with Gasteiger partial charge in [0, 0.05) is 24.0 Å². The number of aromatic nitrogens is 1. The van der Waals surface area contributed by atoms with Crippen LogP contribution in [0.3, 0.4) is 0 Å². The number of thiazole rings is 1. The van der Waals surface area contributed by atoms with E-state index in [9.17, 15) is 4.79 Å². The Balaban J connectivity index is 1.51. The molecular formula is C16H18N2O2S. The molecule has 0 bridgehead atoms. The van der Waals surface area contributed by atoms with Gasteiger partial charge in [0.25, 0.3) is 5.19 Å². The van der Waals surface area contributed by atoms with Gasteiger partial charge < -0.3 is 10.1 Å². The van der Waals surface area contributed by atoms with Gasteiger partial charge >= 0.3 is 0 Å². The lowest BCUT2D eigenvalue weighted by molar-refractivity contribution is -0.124. The van der Waals surface area contributed by atoms with Crippen LogP contribution in [-0.2, 0) is 11.3 Å². The first kappa shape index (κ1) is 14.1. The Kier molecular flexibility index (Phi) is 4.50. The molecule has 110 valence electrons. The van der Waals surface area contributed by atoms with E-state index in [2.05, 4.69) is 10.3 Å². The van der Waals surface area contributed by atoms with Crippen molar-refractivity contribution in [3.8, 4) is 10.9 Å². The van der Waals surface area contributed by atoms with Crippen molar-refractivity contribution in [3.05, 3.63) is 41.4 Å². The highest BCUT2D eigenvalue weighted by Gasteiger charge is 2.21. The van der Waals surface area contributed by atoms with Gasteiger partial charge in [-0.1, -0.05) is 36.3 Å². The van der Waals surface area contributed by atoms with Crippen molar-refractivity contribution in [2.24, 2.45) is 5.92 Å². The molecule has 1 N–H and O–H groups in total. The highest BCUT2D eigenvalue weighted by molar-refractivity contribution is 7.11. The molecule has 0 aliphatic heterocycles. The van der Waals surface area contributed by atoms with Gasteiger partial charge in [-0.15, -0.1) is 0 Å². The fourth-order valence-corrected chi connectivity index (χ4v) is 3.06. The van der Waals surface area contributed by atoms with Crippen molar-refractivity contribution in [2.75, 3.05) is 0 Å². The third-order valence-corrected chi connectivity index (χ3v) is 4.38. The highest BCUT2D eigenvalue weighted by Crippen LogP contribution is 2.25. The normalized spacial score (nSPS) is 15.0. The maximum absolute atomic E-state index is 12.0. The Morgan fingerprint density at radius 2 is 2.05 bits per heavy atom. The summed E-state index contributed by atoms with van der Waals surface area (Å²) in [6.07, 6.45) is 6.15. The molecule has 3 rings (SSSR count). The Bertz CT molecular complexity index is 575. The minimum atomic E-state index is 0.190. The molecule has 0 unspecified atom stereocenters. The van der Waals surface area contributed by atoms with E-state index in [4.69, 9.17) is 4.74 Å². The standard InChI is InChI=1S/C16H18N2O2S/c19-15(13-3-1-2-4-13)18-11-12-5-7-14(8-6-12)20-16-17-9-10-21-16/h5-10,13H,1-4,11H2,(H,18,19). The molecule has 1 aromatic heterocycles. The zero-order chi connectivity index (χ0) is 14.5. The smallest absolute Gasteiger partial charge is 0.278 e. The summed E-state index contributed by atoms with van der Waals surface area (Å²) in [5.74, 6) is 1.17. The fourth-order valence-electron chi connectivity index (χ4n) is 2.56. The van der Waals surface area contributed by atoms with E-state index < -0.39 is 0 Å². The Labute approximate surface area is 128 Å². The van der Waals surface area contributed by atoms with E-state index in [-0.39, 0.29) is 11.8 Å². The molecule has 1 aliphatic carbocycles. The third-order valence-electron chi connectivity index (χ3n) is 3.73. The summed E-state index contributed by atoms with van der Waals surface area (Å²) in [7, 11) is 0. The average Bonchev–Trinajstić information content (AvgIpc) is 3.19. The second-order valence-electron chi connectivity index (χ2n) is 5.24. The zero-order valence-corrected chi connectivity index (χ0v) is 12.6. The Morgan fingerprint density at radius 3 is 2.71 bits per heavy atom. The Morgan fingerprint density at radius 1 is 1.29 bits per heavy atom. The number of carbonyl (C=O) groups excluding carboxylic acids is 1. The second-order valence-corrected chi connectivity index (χ2v) is 6.10. The van der Waals surface area contributed by atoms with E-state index in [0.29, 0.717) is 11.7 Å². The van der Waals surface area contributed by atoms with Gasteiger partial charge in [-0.05, 0) is 30.5 Å². The maximum Gasteiger partial charge on any atom is 0.278 e. The van der Waals surface area contributed by atoms with Crippen molar-refractivity contribution in [3.63, 3.8) is 0 Å². The number of rotatable bonds is 5. The van der Waals surface area contributed by atoms with Gasteiger partial charge in [0.2, 0.25) is 5.91 Å². The summed E-state index contributed by atoms with van der Waals surface area (Å²) in [6, 6.07) is 7.74. The molecule has 1 amide bonds. The number of ether oxygens (including phenoxy) is 1. The van der Waals surface area contributed by atoms with Crippen LogP contribution in [0.5, 0.6) is 10.9 Å². The van der Waals surface area contributed by atoms with Crippen molar-refractivity contribution in [1.29, 1.82) is 0 Å². The molecule has 0 radical (unpaired) electrons. The van der Waals surface area contributed by atoms with Crippen molar-refractivity contribution >= 4 is 17.2 Å². The van der Waals surface area contributed by atoms with Gasteiger partial charge in [-0.25, -0.2) is 4.98 Å². The van der Waals surface area contributed by atoms with Crippen LogP contribution < -0.4 is 10.1 Å². The summed E-state index contributed by atoms with van der Waals surface area (Å²) in [6.45, 7) is 0.576. The van der Waals surface area contributed by atoms with Gasteiger partial charge in [-0.2, -0.15) is 0 Å². The number of hydrogen-bond donors (Lipinski definition) is 1. The molecular weight excluding hydrogens is 284 g/mol. The lowest BCUT2D eigenvalue weighted by Crippen LogP contribution is -2.28. The van der Waals surface area contributed by atoms with Crippen LogP contribution in [0, 0.1) is 5.92 Å². The monoisotopic (exact) mass is 302 g/mol. The molecule has 0 spiro atoms. The minimum absolute atomic E-state index is 0.190. The lowest BCUT2D eigenvalue weighted by Gasteiger charge is -2.10. The molecule has 5 heteroatoms. The van der Waals surface area contributed by atoms with Crippen LogP contribution in [0.15, 0.2) is 35.8 Å². The molecule has 1 aliphatic rings. The molecule has 2 aromatic rings. The molecule has 1 aromatic carbocycles. The van der Waals surface area contributed by atoms with Crippen LogP contribution in [0.2, 0.25) is 0 Å². The van der Waals surface area contributed by atoms with Crippen LogP contribution in [0.25, 0.3) is 0 Å². The third kappa shape index (κ3) is 3.82. The molecule has 0 atom stereocenters. The first-order valence-electron chi connectivity index (χ1n) is 7.25. The largest absolute Gasteiger partial charge is 0.431 e. The van der Waals surface area contributed by atoms with Gasteiger partial charge in [0.1, 0.15) is 5.75 Å². The summed E-state index contributed by atoms with van der Waals surface area (Å²) in [5, 5.41) is 5.53. The SMILES string of the molecule is O=C(NCc1ccc(Oc2nccs2)cc1)C1CCCC1. The molecule has 4 nitrogen and oxygen atoms in total. The van der Waals surface area contributed by atoms with Crippen LogP contribution in [0.4, 0.5) is 0 Å². The topological polar surface area (TPSA) is 51.2 Å². The van der Waals surface area contributed by atoms with Gasteiger partial charge in [0.05, 0.1) is 0 Å². The first-order valence-corrected chi connectivity index (χ1v) is 8.13. The van der Waals surface area contributed by atoms with Crippen LogP contribution in [-0.4, -0.2) is 10.9 Å². The second kappa shape index (κ2) is 6.72. The van der Waals surface area contributed by atoms with Crippen molar-refractivity contribution in [1.82, 2.24) is 10.3 Å². The van der Waals surface area contributed by atoms with E-state index in [1.807, 2.05) is 29.6 Å². The lowest BCUT2D eigenvalue weighted by atomic mass is 10.1. The first-order chi connectivity index (χ1) is 10.3. The summed E-state index contributed by atoms with van der Waals surface area (Å²) in [4.78, 5) is 16.0. The van der Waals surface area contributed by atoms with E-state index >= 15 is 0 Å². The summed E-state index contributed by atoms with van der Waals surface area (Å²) < 4.78 is 5.60. The molecule has 21 heavy (non-hydrogen) atoms. The van der Waals surface area contributed by atoms with Crippen LogP contribution in [0.1, 0.15) is 31.2 Å². The molecule has 0 saturated heterocycles. The summed E-state index contributed by atoms with van der Waals surface area (Å²) >= 11 is 1.46. The molecule has 1 saturated carbocycles. The number of nitrogens with zero attached hydrogens (tertiary/aromatic N) is 1. The fraction of sp³-hybridized carbons (Fsp3) is 0.375. The number of benzene rings is 1. The predicted molar refractivity (Wildman–Crippen MR) is 82.4 cm³/mol.